The molecule has 0 bridgehead atoms. The summed E-state index contributed by atoms with van der Waals surface area (Å²) in [5.74, 6) is 0.560. The van der Waals surface area contributed by atoms with Crippen LogP contribution in [0.15, 0.2) is 59.7 Å². The van der Waals surface area contributed by atoms with Gasteiger partial charge in [-0.25, -0.2) is 9.97 Å². The number of fused-ring (bicyclic) bond motifs is 2. The second-order valence-electron chi connectivity index (χ2n) is 10.1. The minimum atomic E-state index is -0.101. The molecule has 0 radical (unpaired) electrons. The molecule has 9 nitrogen and oxygen atoms in total. The molecule has 6 heterocycles. The number of carbonyl (C=O) groups excluding carboxylic acids is 1. The van der Waals surface area contributed by atoms with Gasteiger partial charge in [-0.3, -0.25) is 19.9 Å². The number of aromatic nitrogens is 7. The van der Waals surface area contributed by atoms with Crippen LogP contribution in [0, 0.1) is 5.41 Å². The van der Waals surface area contributed by atoms with Crippen LogP contribution >= 0.6 is 11.3 Å². The Kier molecular flexibility index (Phi) is 5.53. The third-order valence-corrected chi connectivity index (χ3v) is 6.52. The Hall–Kier alpha value is -4.44. The number of carbonyl (C=O) groups is 1. The van der Waals surface area contributed by atoms with Gasteiger partial charge in [-0.05, 0) is 41.1 Å². The zero-order chi connectivity index (χ0) is 25.6. The summed E-state index contributed by atoms with van der Waals surface area (Å²) in [7, 11) is 0. The fourth-order valence-electron chi connectivity index (χ4n) is 4.22. The van der Waals surface area contributed by atoms with Gasteiger partial charge >= 0.3 is 0 Å². The van der Waals surface area contributed by atoms with Crippen LogP contribution in [-0.2, 0) is 4.79 Å². The molecule has 0 fully saturated rings. The van der Waals surface area contributed by atoms with Crippen LogP contribution in [0.1, 0.15) is 27.2 Å². The molecule has 0 saturated heterocycles. The van der Waals surface area contributed by atoms with Crippen molar-refractivity contribution in [2.45, 2.75) is 27.2 Å². The summed E-state index contributed by atoms with van der Waals surface area (Å²) in [6.45, 7) is 6.10. The van der Waals surface area contributed by atoms with Gasteiger partial charge < -0.3 is 10.3 Å². The molecule has 0 spiro atoms. The van der Waals surface area contributed by atoms with E-state index in [4.69, 9.17) is 9.97 Å². The van der Waals surface area contributed by atoms with Crippen molar-refractivity contribution < 1.29 is 4.79 Å². The maximum atomic E-state index is 12.4. The first-order chi connectivity index (χ1) is 17.8. The Labute approximate surface area is 216 Å². The molecule has 6 rings (SSSR count). The number of amides is 1. The van der Waals surface area contributed by atoms with Gasteiger partial charge in [-0.2, -0.15) is 16.4 Å². The average molecular weight is 509 g/mol. The lowest BCUT2D eigenvalue weighted by atomic mass is 9.92. The van der Waals surface area contributed by atoms with E-state index in [1.54, 1.807) is 29.9 Å². The van der Waals surface area contributed by atoms with Gasteiger partial charge in [0.2, 0.25) is 5.91 Å². The van der Waals surface area contributed by atoms with Crippen LogP contribution in [0.25, 0.3) is 56.1 Å². The molecular formula is C27H24N8OS. The molecule has 0 aromatic carbocycles. The van der Waals surface area contributed by atoms with Crippen LogP contribution in [0.2, 0.25) is 0 Å². The van der Waals surface area contributed by atoms with E-state index in [1.807, 2.05) is 56.5 Å². The highest BCUT2D eigenvalue weighted by Gasteiger charge is 2.19. The van der Waals surface area contributed by atoms with Crippen LogP contribution in [0.3, 0.4) is 0 Å². The first-order valence-electron chi connectivity index (χ1n) is 11.8. The van der Waals surface area contributed by atoms with E-state index in [9.17, 15) is 4.79 Å². The van der Waals surface area contributed by atoms with Crippen LogP contribution in [-0.4, -0.2) is 41.0 Å². The van der Waals surface area contributed by atoms with Crippen molar-refractivity contribution in [3.63, 3.8) is 0 Å². The Morgan fingerprint density at radius 3 is 2.68 bits per heavy atom. The number of thiophene rings is 1. The molecule has 0 aliphatic carbocycles. The minimum absolute atomic E-state index is 0.0480. The molecule has 37 heavy (non-hydrogen) atoms. The largest absolute Gasteiger partial charge is 0.336 e. The summed E-state index contributed by atoms with van der Waals surface area (Å²) in [6, 6.07) is 9.65. The number of hydrogen-bond acceptors (Lipinski definition) is 7. The normalized spacial score (nSPS) is 11.9. The number of H-pyrrole nitrogens is 2. The minimum Gasteiger partial charge on any atom is -0.336 e. The van der Waals surface area contributed by atoms with Crippen molar-refractivity contribution in [1.29, 1.82) is 0 Å². The molecule has 3 N–H and O–H groups in total. The molecule has 6 aromatic rings. The number of hydrogen-bond donors (Lipinski definition) is 3. The maximum Gasteiger partial charge on any atom is 0.224 e. The fraction of sp³-hybridized carbons (Fsp3) is 0.185. The number of imidazole rings is 1. The third-order valence-electron chi connectivity index (χ3n) is 5.84. The first-order valence-corrected chi connectivity index (χ1v) is 12.8. The molecule has 10 heteroatoms. The molecule has 0 unspecified atom stereocenters. The van der Waals surface area contributed by atoms with Crippen molar-refractivity contribution >= 4 is 45.0 Å². The van der Waals surface area contributed by atoms with Gasteiger partial charge in [-0.15, -0.1) is 0 Å². The molecular weight excluding hydrogens is 484 g/mol. The van der Waals surface area contributed by atoms with E-state index in [2.05, 4.69) is 35.8 Å². The lowest BCUT2D eigenvalue weighted by molar-refractivity contribution is -0.117. The van der Waals surface area contributed by atoms with E-state index >= 15 is 0 Å². The zero-order valence-electron chi connectivity index (χ0n) is 20.5. The molecule has 0 aliphatic rings. The number of nitrogens with one attached hydrogen (secondary N) is 3. The second-order valence-corrected chi connectivity index (χ2v) is 10.8. The SMILES string of the molecule is CC(C)(C)CC(=O)Nc1cncc(-c2ccc3[nH]nc(-c4nc5c(-c6ccsc6)nccc5[nH]4)c3n2)c1. The summed E-state index contributed by atoms with van der Waals surface area (Å²) in [6.07, 6.45) is 5.56. The number of nitrogens with zero attached hydrogens (tertiary/aromatic N) is 5. The second kappa shape index (κ2) is 8.90. The summed E-state index contributed by atoms with van der Waals surface area (Å²) in [5.41, 5.74) is 7.64. The smallest absolute Gasteiger partial charge is 0.224 e. The standard InChI is InChI=1S/C27H24N8OS/c1-27(2,3)11-21(36)30-17-10-16(12-28-13-17)18-4-5-20-24(31-18)25(35-34-20)26-32-19-6-8-29-22(23(19)33-26)15-7-9-37-14-15/h4-10,12-14H,11H2,1-3H3,(H,30,36)(H,32,33)(H,34,35). The van der Waals surface area contributed by atoms with Crippen molar-refractivity contribution in [1.82, 2.24) is 35.1 Å². The van der Waals surface area contributed by atoms with Crippen molar-refractivity contribution in [2.24, 2.45) is 5.41 Å². The highest BCUT2D eigenvalue weighted by atomic mass is 32.1. The summed E-state index contributed by atoms with van der Waals surface area (Å²) < 4.78 is 0. The van der Waals surface area contributed by atoms with E-state index in [0.29, 0.717) is 34.8 Å². The molecule has 0 aliphatic heterocycles. The predicted molar refractivity (Wildman–Crippen MR) is 146 cm³/mol. The Balaban J connectivity index is 1.36. The highest BCUT2D eigenvalue weighted by Crippen LogP contribution is 2.31. The van der Waals surface area contributed by atoms with Gasteiger partial charge in [-0.1, -0.05) is 20.8 Å². The highest BCUT2D eigenvalue weighted by molar-refractivity contribution is 7.08. The van der Waals surface area contributed by atoms with Crippen molar-refractivity contribution in [2.75, 3.05) is 5.32 Å². The van der Waals surface area contributed by atoms with Gasteiger partial charge in [0.1, 0.15) is 11.0 Å². The first kappa shape index (κ1) is 23.0. The predicted octanol–water partition coefficient (Wildman–Crippen LogP) is 6.06. The summed E-state index contributed by atoms with van der Waals surface area (Å²) in [4.78, 5) is 34.4. The monoisotopic (exact) mass is 508 g/mol. The van der Waals surface area contributed by atoms with Crippen LogP contribution < -0.4 is 5.32 Å². The van der Waals surface area contributed by atoms with Gasteiger partial charge in [0.15, 0.2) is 11.5 Å². The number of rotatable bonds is 5. The number of aromatic amines is 2. The van der Waals surface area contributed by atoms with Gasteiger partial charge in [0.25, 0.3) is 0 Å². The van der Waals surface area contributed by atoms with E-state index in [1.165, 1.54) is 0 Å². The average Bonchev–Trinajstić information content (AvgIpc) is 3.61. The summed E-state index contributed by atoms with van der Waals surface area (Å²) in [5, 5.41) is 14.6. The van der Waals surface area contributed by atoms with E-state index < -0.39 is 0 Å². The topological polar surface area (TPSA) is 125 Å². The molecule has 0 saturated carbocycles. The quantitative estimate of drug-likeness (QED) is 0.260. The van der Waals surface area contributed by atoms with Crippen molar-refractivity contribution in [3.8, 4) is 34.0 Å². The summed E-state index contributed by atoms with van der Waals surface area (Å²) >= 11 is 1.62. The number of anilines is 1. The van der Waals surface area contributed by atoms with Crippen LogP contribution in [0.5, 0.6) is 0 Å². The lowest BCUT2D eigenvalue weighted by Crippen LogP contribution is -2.19. The Morgan fingerprint density at radius 1 is 1.00 bits per heavy atom. The molecule has 6 aromatic heterocycles. The fourth-order valence-corrected chi connectivity index (χ4v) is 4.86. The van der Waals surface area contributed by atoms with Crippen LogP contribution in [0.4, 0.5) is 5.69 Å². The Bertz CT molecular complexity index is 1740. The third kappa shape index (κ3) is 4.58. The van der Waals surface area contributed by atoms with E-state index in [-0.39, 0.29) is 11.3 Å². The Morgan fingerprint density at radius 2 is 1.86 bits per heavy atom. The van der Waals surface area contributed by atoms with Crippen molar-refractivity contribution in [3.05, 3.63) is 59.7 Å². The maximum absolute atomic E-state index is 12.4. The zero-order valence-corrected chi connectivity index (χ0v) is 21.3. The van der Waals surface area contributed by atoms with Gasteiger partial charge in [0.05, 0.1) is 34.3 Å². The molecule has 0 atom stereocenters. The number of pyridine rings is 3. The molecule has 1 amide bonds. The lowest BCUT2D eigenvalue weighted by Gasteiger charge is -2.17. The van der Waals surface area contributed by atoms with E-state index in [0.717, 1.165) is 33.4 Å². The molecule has 184 valence electrons. The van der Waals surface area contributed by atoms with Gasteiger partial charge in [0, 0.05) is 35.3 Å².